The number of rotatable bonds is 5. The second kappa shape index (κ2) is 8.79. The van der Waals surface area contributed by atoms with Crippen LogP contribution in [0.1, 0.15) is 58.8 Å². The summed E-state index contributed by atoms with van der Waals surface area (Å²) in [6.07, 6.45) is 4.51. The number of hydrogen-bond donors (Lipinski definition) is 2. The van der Waals surface area contributed by atoms with Gasteiger partial charge in [0, 0.05) is 19.1 Å². The summed E-state index contributed by atoms with van der Waals surface area (Å²) < 4.78 is 17.8. The van der Waals surface area contributed by atoms with Crippen molar-refractivity contribution in [1.29, 1.82) is 0 Å². The lowest BCUT2D eigenvalue weighted by Gasteiger charge is -2.32. The minimum absolute atomic E-state index is 0.00251. The molecule has 1 aromatic heterocycles. The van der Waals surface area contributed by atoms with Gasteiger partial charge >= 0.3 is 7.12 Å². The number of hydrogen-bond acceptors (Lipinski definition) is 6. The lowest BCUT2D eigenvalue weighted by Crippen LogP contribution is -2.47. The predicted molar refractivity (Wildman–Crippen MR) is 130 cm³/mol. The number of aromatic amines is 1. The summed E-state index contributed by atoms with van der Waals surface area (Å²) in [4.78, 5) is 23.1. The van der Waals surface area contributed by atoms with E-state index in [-0.39, 0.29) is 36.2 Å². The third-order valence-electron chi connectivity index (χ3n) is 7.95. The summed E-state index contributed by atoms with van der Waals surface area (Å²) in [5, 5.41) is 0. The minimum atomic E-state index is -0.514. The van der Waals surface area contributed by atoms with Crippen LogP contribution in [0.5, 0.6) is 0 Å². The molecule has 0 spiro atoms. The molecule has 3 aliphatic rings. The molecule has 5 rings (SSSR count). The number of nitrogens with two attached hydrogens (primary N) is 1. The van der Waals surface area contributed by atoms with Crippen molar-refractivity contribution in [1.82, 2.24) is 14.9 Å². The van der Waals surface area contributed by atoms with E-state index in [0.717, 1.165) is 41.8 Å². The Morgan fingerprint density at radius 3 is 2.53 bits per heavy atom. The highest BCUT2D eigenvalue weighted by Crippen LogP contribution is 2.37. The van der Waals surface area contributed by atoms with Crippen LogP contribution in [0.2, 0.25) is 0 Å². The Bertz CT molecular complexity index is 1020. The maximum absolute atomic E-state index is 13.1. The Kier molecular flexibility index (Phi) is 6.08. The molecule has 3 fully saturated rings. The van der Waals surface area contributed by atoms with E-state index in [0.29, 0.717) is 19.8 Å². The number of benzene rings is 1. The number of nitrogens with one attached hydrogen (secondary N) is 1. The van der Waals surface area contributed by atoms with E-state index in [1.54, 1.807) is 0 Å². The fourth-order valence-corrected chi connectivity index (χ4v) is 5.00. The maximum Gasteiger partial charge on any atom is 0.494 e. The molecule has 0 bridgehead atoms. The van der Waals surface area contributed by atoms with Crippen LogP contribution in [0.25, 0.3) is 11.3 Å². The third-order valence-corrected chi connectivity index (χ3v) is 7.95. The van der Waals surface area contributed by atoms with Gasteiger partial charge < -0.3 is 29.7 Å². The highest BCUT2D eigenvalue weighted by atomic mass is 16.7. The largest absolute Gasteiger partial charge is 0.494 e. The molecule has 182 valence electrons. The first-order valence-electron chi connectivity index (χ1n) is 12.3. The molecule has 2 aromatic rings. The second-order valence-electron chi connectivity index (χ2n) is 10.7. The fraction of sp³-hybridized carbons (Fsp3) is 0.600. The molecule has 3 atom stereocenters. The maximum atomic E-state index is 13.1. The van der Waals surface area contributed by atoms with E-state index in [9.17, 15) is 4.79 Å². The van der Waals surface area contributed by atoms with Crippen LogP contribution in [-0.4, -0.2) is 64.9 Å². The van der Waals surface area contributed by atoms with Crippen molar-refractivity contribution in [3.63, 3.8) is 0 Å². The fourth-order valence-electron chi connectivity index (χ4n) is 5.00. The predicted octanol–water partition coefficient (Wildman–Crippen LogP) is 2.40. The summed E-state index contributed by atoms with van der Waals surface area (Å²) in [6.45, 7) is 10.2. The first-order valence-corrected chi connectivity index (χ1v) is 12.3. The van der Waals surface area contributed by atoms with Gasteiger partial charge in [-0.1, -0.05) is 24.3 Å². The van der Waals surface area contributed by atoms with Gasteiger partial charge in [-0.05, 0) is 58.0 Å². The molecule has 9 heteroatoms. The quantitative estimate of drug-likeness (QED) is 0.657. The Balaban J connectivity index is 1.28. The van der Waals surface area contributed by atoms with Gasteiger partial charge in [0.05, 0.1) is 41.8 Å². The normalized spacial score (nSPS) is 26.9. The van der Waals surface area contributed by atoms with Crippen LogP contribution < -0.4 is 11.2 Å². The summed E-state index contributed by atoms with van der Waals surface area (Å²) in [5.74, 6) is 0.914. The minimum Gasteiger partial charge on any atom is -0.399 e. The molecule has 3 N–H and O–H groups in total. The first-order chi connectivity index (χ1) is 16.2. The van der Waals surface area contributed by atoms with Gasteiger partial charge in [-0.2, -0.15) is 0 Å². The molecule has 3 aliphatic heterocycles. The van der Waals surface area contributed by atoms with Crippen molar-refractivity contribution < 1.29 is 18.8 Å². The molecule has 3 saturated heterocycles. The molecule has 8 nitrogen and oxygen atoms in total. The zero-order valence-electron chi connectivity index (χ0n) is 20.5. The standard InChI is InChI=1S/C25H35BN4O4/c1-24(2)25(3,4)34-26(33-24)18-9-7-16(8-10-18)19-14-28-22(29-19)20-6-5-12-30(20)23(31)21(27)17-11-13-32-15-17/h7-10,14,17,20-21H,5-6,11-13,15,27H2,1-4H3,(H,28,29)/t17?,20-,21?/m0/s1. The average molecular weight is 466 g/mol. The van der Waals surface area contributed by atoms with E-state index in [2.05, 4.69) is 37.7 Å². The van der Waals surface area contributed by atoms with Crippen molar-refractivity contribution in [2.45, 2.75) is 70.2 Å². The monoisotopic (exact) mass is 466 g/mol. The summed E-state index contributed by atoms with van der Waals surface area (Å²) in [7, 11) is -0.385. The lowest BCUT2D eigenvalue weighted by atomic mass is 9.79. The SMILES string of the molecule is CC1(C)OB(c2ccc(-c3cnc([C@@H]4CCCN4C(=O)C(N)C4CCOC4)[nH]3)cc2)OC1(C)C. The van der Waals surface area contributed by atoms with Gasteiger partial charge in [0.25, 0.3) is 0 Å². The molecule has 1 amide bonds. The van der Waals surface area contributed by atoms with Gasteiger partial charge in [0.15, 0.2) is 0 Å². The van der Waals surface area contributed by atoms with E-state index in [1.807, 2.05) is 35.4 Å². The Morgan fingerprint density at radius 2 is 1.88 bits per heavy atom. The van der Waals surface area contributed by atoms with Crippen molar-refractivity contribution >= 4 is 18.5 Å². The van der Waals surface area contributed by atoms with Crippen LogP contribution in [0.15, 0.2) is 30.5 Å². The van der Waals surface area contributed by atoms with Crippen LogP contribution >= 0.6 is 0 Å². The zero-order valence-corrected chi connectivity index (χ0v) is 20.5. The number of aromatic nitrogens is 2. The van der Waals surface area contributed by atoms with E-state index >= 15 is 0 Å². The number of imidazole rings is 1. The van der Waals surface area contributed by atoms with Crippen molar-refractivity contribution in [3.8, 4) is 11.3 Å². The number of carbonyl (C=O) groups is 1. The van der Waals surface area contributed by atoms with Gasteiger partial charge in [-0.15, -0.1) is 0 Å². The van der Waals surface area contributed by atoms with E-state index in [1.165, 1.54) is 0 Å². The molecule has 34 heavy (non-hydrogen) atoms. The van der Waals surface area contributed by atoms with Crippen LogP contribution in [0.3, 0.4) is 0 Å². The second-order valence-corrected chi connectivity index (χ2v) is 10.7. The van der Waals surface area contributed by atoms with Gasteiger partial charge in [0.1, 0.15) is 5.82 Å². The van der Waals surface area contributed by atoms with E-state index < -0.39 is 6.04 Å². The number of likely N-dealkylation sites (tertiary alicyclic amines) is 1. The number of ether oxygens (including phenoxy) is 1. The van der Waals surface area contributed by atoms with Crippen LogP contribution in [0, 0.1) is 5.92 Å². The molecule has 0 saturated carbocycles. The van der Waals surface area contributed by atoms with Gasteiger partial charge in [-0.25, -0.2) is 4.98 Å². The highest BCUT2D eigenvalue weighted by Gasteiger charge is 2.51. The smallest absolute Gasteiger partial charge is 0.399 e. The molecule has 0 aliphatic carbocycles. The topological polar surface area (TPSA) is 103 Å². The van der Waals surface area contributed by atoms with Crippen LogP contribution in [0.4, 0.5) is 0 Å². The molecule has 1 aromatic carbocycles. The number of amides is 1. The van der Waals surface area contributed by atoms with Crippen LogP contribution in [-0.2, 0) is 18.8 Å². The lowest BCUT2D eigenvalue weighted by molar-refractivity contribution is -0.135. The highest BCUT2D eigenvalue weighted by molar-refractivity contribution is 6.62. The zero-order chi connectivity index (χ0) is 24.1. The Morgan fingerprint density at radius 1 is 1.18 bits per heavy atom. The molecule has 0 radical (unpaired) electrons. The summed E-state index contributed by atoms with van der Waals surface area (Å²) in [5.41, 5.74) is 8.51. The molecular formula is C25H35BN4O4. The third kappa shape index (κ3) is 4.19. The Hall–Kier alpha value is -2.20. The van der Waals surface area contributed by atoms with Gasteiger partial charge in [0.2, 0.25) is 5.91 Å². The van der Waals surface area contributed by atoms with Crippen molar-refractivity contribution in [2.24, 2.45) is 11.7 Å². The molecular weight excluding hydrogens is 431 g/mol. The molecule has 2 unspecified atom stereocenters. The number of carbonyl (C=O) groups excluding carboxylic acids is 1. The molecule has 4 heterocycles. The first kappa shape index (κ1) is 23.5. The summed E-state index contributed by atoms with van der Waals surface area (Å²) >= 11 is 0. The van der Waals surface area contributed by atoms with Crippen molar-refractivity contribution in [2.75, 3.05) is 19.8 Å². The van der Waals surface area contributed by atoms with E-state index in [4.69, 9.17) is 19.8 Å². The number of nitrogens with zero attached hydrogens (tertiary/aromatic N) is 2. The summed E-state index contributed by atoms with van der Waals surface area (Å²) in [6, 6.07) is 7.58. The Labute approximate surface area is 201 Å². The average Bonchev–Trinajstić information content (AvgIpc) is 3.60. The van der Waals surface area contributed by atoms with Gasteiger partial charge in [-0.3, -0.25) is 4.79 Å². The number of H-pyrrole nitrogens is 1. The van der Waals surface area contributed by atoms with Crippen molar-refractivity contribution in [3.05, 3.63) is 36.3 Å².